The second-order valence-corrected chi connectivity index (χ2v) is 10.5. The van der Waals surface area contributed by atoms with E-state index in [0.717, 1.165) is 22.3 Å². The lowest BCUT2D eigenvalue weighted by Crippen LogP contribution is -2.44. The summed E-state index contributed by atoms with van der Waals surface area (Å²) in [5.74, 6) is -0.199. The first kappa shape index (κ1) is 28.9. The molecule has 3 aromatic rings. The maximum atomic E-state index is 13.0. The van der Waals surface area contributed by atoms with Gasteiger partial charge in [-0.2, -0.15) is 5.01 Å². The Labute approximate surface area is 245 Å². The largest absolute Gasteiger partial charge is 0.495 e. The lowest BCUT2D eigenvalue weighted by Gasteiger charge is -2.16. The van der Waals surface area contributed by atoms with Crippen LogP contribution in [0.25, 0.3) is 6.08 Å². The number of thiocarbonyl (C=S) groups is 1. The highest BCUT2D eigenvalue weighted by atomic mass is 35.5. The Balaban J connectivity index is 1.42. The van der Waals surface area contributed by atoms with E-state index in [4.69, 9.17) is 38.0 Å². The maximum Gasteiger partial charge on any atom is 0.285 e. The number of hydrazine groups is 1. The number of anilines is 1. The standard InChI is InChI=1S/C28H24ClN3O6S2/c1-16-8-10-18(19(29)12-16)26(34)31-32-27(35)24(40-28(32)39)14-17-9-11-22(23(13-17)37-3)38-15-25(33)30-20-6-4-5-7-21(20)36-2/h4-14H,15H2,1-3H3,(H,30,33)(H,31,34)/b24-14-. The summed E-state index contributed by atoms with van der Waals surface area (Å²) >= 11 is 12.5. The highest BCUT2D eigenvalue weighted by molar-refractivity contribution is 8.26. The quantitative estimate of drug-likeness (QED) is 0.255. The third-order valence-corrected chi connectivity index (χ3v) is 7.22. The molecule has 2 N–H and O–H groups in total. The molecule has 0 bridgehead atoms. The molecule has 1 aliphatic heterocycles. The zero-order valence-corrected chi connectivity index (χ0v) is 24.0. The molecule has 0 unspecified atom stereocenters. The highest BCUT2D eigenvalue weighted by Crippen LogP contribution is 2.34. The number of aryl methyl sites for hydroxylation is 1. The molecule has 9 nitrogen and oxygen atoms in total. The van der Waals surface area contributed by atoms with Gasteiger partial charge in [-0.05, 0) is 72.7 Å². The minimum Gasteiger partial charge on any atom is -0.495 e. The number of nitrogens with zero attached hydrogens (tertiary/aromatic N) is 1. The van der Waals surface area contributed by atoms with Crippen LogP contribution in [-0.2, 0) is 9.59 Å². The number of hydrogen-bond acceptors (Lipinski definition) is 8. The van der Waals surface area contributed by atoms with Gasteiger partial charge in [0.2, 0.25) is 0 Å². The molecule has 0 aromatic heterocycles. The monoisotopic (exact) mass is 597 g/mol. The molecule has 0 radical (unpaired) electrons. The Morgan fingerprint density at radius 3 is 2.50 bits per heavy atom. The number of para-hydroxylation sites is 2. The van der Waals surface area contributed by atoms with Crippen molar-refractivity contribution in [1.82, 2.24) is 10.4 Å². The third kappa shape index (κ3) is 6.74. The molecule has 0 aliphatic carbocycles. The van der Waals surface area contributed by atoms with Gasteiger partial charge in [0.1, 0.15) is 5.75 Å². The number of thioether (sulfide) groups is 1. The molecule has 206 valence electrons. The molecule has 40 heavy (non-hydrogen) atoms. The molecule has 3 amide bonds. The van der Waals surface area contributed by atoms with Crippen LogP contribution in [0.3, 0.4) is 0 Å². The van der Waals surface area contributed by atoms with E-state index in [0.29, 0.717) is 33.4 Å². The fourth-order valence-corrected chi connectivity index (χ4v) is 5.15. The third-order valence-electron chi connectivity index (χ3n) is 5.60. The van der Waals surface area contributed by atoms with Crippen molar-refractivity contribution in [3.05, 3.63) is 87.3 Å². The summed E-state index contributed by atoms with van der Waals surface area (Å²) in [4.78, 5) is 38.4. The number of halogens is 1. The molecule has 1 fully saturated rings. The van der Waals surface area contributed by atoms with Crippen molar-refractivity contribution in [2.45, 2.75) is 6.92 Å². The van der Waals surface area contributed by atoms with Crippen molar-refractivity contribution >= 4 is 69.4 Å². The summed E-state index contributed by atoms with van der Waals surface area (Å²) in [6, 6.07) is 17.0. The van der Waals surface area contributed by atoms with Crippen molar-refractivity contribution < 1.29 is 28.6 Å². The number of carbonyl (C=O) groups excluding carboxylic acids is 3. The van der Waals surface area contributed by atoms with Crippen LogP contribution in [0.5, 0.6) is 17.2 Å². The van der Waals surface area contributed by atoms with Gasteiger partial charge in [0, 0.05) is 0 Å². The van der Waals surface area contributed by atoms with Gasteiger partial charge >= 0.3 is 0 Å². The van der Waals surface area contributed by atoms with Gasteiger partial charge in [-0.15, -0.1) is 0 Å². The minimum atomic E-state index is -0.555. The topological polar surface area (TPSA) is 106 Å². The number of nitrogens with one attached hydrogen (secondary N) is 2. The molecule has 12 heteroatoms. The number of carbonyl (C=O) groups is 3. The smallest absolute Gasteiger partial charge is 0.285 e. The van der Waals surface area contributed by atoms with Crippen molar-refractivity contribution in [3.8, 4) is 17.2 Å². The lowest BCUT2D eigenvalue weighted by atomic mass is 10.1. The van der Waals surface area contributed by atoms with Crippen molar-refractivity contribution in [2.24, 2.45) is 0 Å². The van der Waals surface area contributed by atoms with Crippen LogP contribution in [0.1, 0.15) is 21.5 Å². The van der Waals surface area contributed by atoms with E-state index < -0.39 is 11.8 Å². The maximum absolute atomic E-state index is 13.0. The number of benzene rings is 3. The van der Waals surface area contributed by atoms with E-state index in [-0.39, 0.29) is 27.4 Å². The molecule has 0 spiro atoms. The summed E-state index contributed by atoms with van der Waals surface area (Å²) in [5.41, 5.74) is 4.79. The van der Waals surface area contributed by atoms with E-state index in [9.17, 15) is 14.4 Å². The molecular formula is C28H24ClN3O6S2. The van der Waals surface area contributed by atoms with E-state index in [2.05, 4.69) is 10.7 Å². The number of ether oxygens (including phenoxy) is 3. The highest BCUT2D eigenvalue weighted by Gasteiger charge is 2.34. The molecule has 1 saturated heterocycles. The molecule has 0 saturated carbocycles. The minimum absolute atomic E-state index is 0.167. The van der Waals surface area contributed by atoms with Gasteiger partial charge in [-0.25, -0.2) is 0 Å². The number of rotatable bonds is 9. The van der Waals surface area contributed by atoms with Crippen LogP contribution in [0.15, 0.2) is 65.6 Å². The van der Waals surface area contributed by atoms with Crippen LogP contribution in [-0.4, -0.2) is 47.9 Å². The lowest BCUT2D eigenvalue weighted by molar-refractivity contribution is -0.123. The summed E-state index contributed by atoms with van der Waals surface area (Å²) in [6.07, 6.45) is 1.62. The average Bonchev–Trinajstić information content (AvgIpc) is 3.19. The number of amides is 3. The van der Waals surface area contributed by atoms with E-state index in [1.807, 2.05) is 6.92 Å². The Morgan fingerprint density at radius 1 is 1.02 bits per heavy atom. The Morgan fingerprint density at radius 2 is 1.77 bits per heavy atom. The van der Waals surface area contributed by atoms with Gasteiger partial charge in [0.15, 0.2) is 22.4 Å². The summed E-state index contributed by atoms with van der Waals surface area (Å²) in [7, 11) is 2.98. The van der Waals surface area contributed by atoms with Crippen LogP contribution in [0.2, 0.25) is 5.02 Å². The fraction of sp³-hybridized carbons (Fsp3) is 0.143. The fourth-order valence-electron chi connectivity index (χ4n) is 3.65. The van der Waals surface area contributed by atoms with Gasteiger partial charge in [0.25, 0.3) is 17.7 Å². The zero-order chi connectivity index (χ0) is 28.8. The van der Waals surface area contributed by atoms with Crippen molar-refractivity contribution in [3.63, 3.8) is 0 Å². The van der Waals surface area contributed by atoms with Gasteiger partial charge in [0.05, 0.1) is 35.4 Å². The van der Waals surface area contributed by atoms with Crippen LogP contribution < -0.4 is 25.0 Å². The molecular weight excluding hydrogens is 574 g/mol. The first-order valence-electron chi connectivity index (χ1n) is 11.8. The molecule has 1 heterocycles. The summed E-state index contributed by atoms with van der Waals surface area (Å²) < 4.78 is 16.5. The van der Waals surface area contributed by atoms with E-state index in [1.165, 1.54) is 14.2 Å². The first-order chi connectivity index (χ1) is 19.2. The normalized spacial score (nSPS) is 13.8. The molecule has 1 aliphatic rings. The van der Waals surface area contributed by atoms with Crippen LogP contribution in [0.4, 0.5) is 5.69 Å². The second kappa shape index (κ2) is 12.9. The van der Waals surface area contributed by atoms with Gasteiger partial charge in [-0.1, -0.05) is 47.6 Å². The Kier molecular flexibility index (Phi) is 9.30. The summed E-state index contributed by atoms with van der Waals surface area (Å²) in [5, 5.41) is 4.02. The predicted molar refractivity (Wildman–Crippen MR) is 159 cm³/mol. The Bertz CT molecular complexity index is 1530. The zero-order valence-electron chi connectivity index (χ0n) is 21.6. The average molecular weight is 598 g/mol. The number of hydrogen-bond donors (Lipinski definition) is 2. The van der Waals surface area contributed by atoms with Gasteiger partial charge in [-0.3, -0.25) is 19.8 Å². The molecule has 4 rings (SSSR count). The Hall–Kier alpha value is -4.06. The van der Waals surface area contributed by atoms with Crippen molar-refractivity contribution in [1.29, 1.82) is 0 Å². The van der Waals surface area contributed by atoms with Crippen LogP contribution in [0, 0.1) is 6.92 Å². The van der Waals surface area contributed by atoms with Gasteiger partial charge < -0.3 is 19.5 Å². The molecule has 0 atom stereocenters. The summed E-state index contributed by atoms with van der Waals surface area (Å²) in [6.45, 7) is 1.59. The molecule has 3 aromatic carbocycles. The second-order valence-electron chi connectivity index (χ2n) is 8.39. The van der Waals surface area contributed by atoms with E-state index in [1.54, 1.807) is 66.7 Å². The predicted octanol–water partition coefficient (Wildman–Crippen LogP) is 5.23. The number of methoxy groups -OCH3 is 2. The van der Waals surface area contributed by atoms with E-state index >= 15 is 0 Å². The SMILES string of the molecule is COc1ccccc1NC(=O)COc1ccc(/C=C2\SC(=S)N(NC(=O)c3ccc(C)cc3Cl)C2=O)cc1OC. The van der Waals surface area contributed by atoms with Crippen molar-refractivity contribution in [2.75, 3.05) is 26.1 Å². The van der Waals surface area contributed by atoms with Crippen LogP contribution >= 0.6 is 35.6 Å². The first-order valence-corrected chi connectivity index (χ1v) is 13.4.